The second-order valence-corrected chi connectivity index (χ2v) is 7.50. The highest BCUT2D eigenvalue weighted by Gasteiger charge is 2.15. The van der Waals surface area contributed by atoms with E-state index in [-0.39, 0.29) is 0 Å². The van der Waals surface area contributed by atoms with Crippen molar-refractivity contribution in [2.45, 2.75) is 33.8 Å². The molecule has 0 N–H and O–H groups in total. The number of hydrogen-bond acceptors (Lipinski definition) is 3. The zero-order chi connectivity index (χ0) is 20.2. The molecule has 4 aromatic rings. The van der Waals surface area contributed by atoms with E-state index in [4.69, 9.17) is 9.25 Å². The van der Waals surface area contributed by atoms with Crippen molar-refractivity contribution in [1.82, 2.24) is 0 Å². The van der Waals surface area contributed by atoms with E-state index in [9.17, 15) is 0 Å². The number of fused-ring (bicyclic) bond motifs is 1. The van der Waals surface area contributed by atoms with Gasteiger partial charge in [-0.25, -0.2) is 0 Å². The fourth-order valence-electron chi connectivity index (χ4n) is 3.70. The molecule has 0 radical (unpaired) electrons. The van der Waals surface area contributed by atoms with Crippen LogP contribution in [-0.2, 0) is 17.9 Å². The van der Waals surface area contributed by atoms with Crippen LogP contribution in [0.3, 0.4) is 0 Å². The maximum atomic E-state index is 6.10. The summed E-state index contributed by atoms with van der Waals surface area (Å²) in [5.41, 5.74) is 7.79. The third kappa shape index (κ3) is 4.40. The molecule has 1 heterocycles. The second kappa shape index (κ2) is 8.36. The standard InChI is InChI=1S/C26H25NO2/c1-18-13-19(2)23(20(3)14-18)16-24(27-28-17-21-9-5-4-6-10-21)26-15-22-11-7-8-12-25(22)29-26/h4-15H,16-17H2,1-3H3/b27-24+. The number of rotatable bonds is 6. The maximum absolute atomic E-state index is 6.10. The average molecular weight is 383 g/mol. The fourth-order valence-corrected chi connectivity index (χ4v) is 3.70. The van der Waals surface area contributed by atoms with Gasteiger partial charge < -0.3 is 9.25 Å². The van der Waals surface area contributed by atoms with Gasteiger partial charge in [0, 0.05) is 11.8 Å². The summed E-state index contributed by atoms with van der Waals surface area (Å²) in [5, 5.41) is 5.57. The van der Waals surface area contributed by atoms with Gasteiger partial charge in [0.2, 0.25) is 0 Å². The van der Waals surface area contributed by atoms with Crippen LogP contribution in [0.25, 0.3) is 11.0 Å². The topological polar surface area (TPSA) is 34.7 Å². The minimum atomic E-state index is 0.427. The van der Waals surface area contributed by atoms with Crippen LogP contribution in [0.15, 0.2) is 82.4 Å². The van der Waals surface area contributed by atoms with Crippen molar-refractivity contribution in [2.24, 2.45) is 5.16 Å². The van der Waals surface area contributed by atoms with Crippen molar-refractivity contribution in [1.29, 1.82) is 0 Å². The van der Waals surface area contributed by atoms with Crippen molar-refractivity contribution < 1.29 is 9.25 Å². The minimum Gasteiger partial charge on any atom is -0.455 e. The number of furan rings is 1. The highest BCUT2D eigenvalue weighted by atomic mass is 16.6. The monoisotopic (exact) mass is 383 g/mol. The summed E-state index contributed by atoms with van der Waals surface area (Å²) in [6.07, 6.45) is 0.659. The van der Waals surface area contributed by atoms with Crippen LogP contribution in [0.4, 0.5) is 0 Å². The quantitative estimate of drug-likeness (QED) is 0.280. The molecule has 0 bridgehead atoms. The van der Waals surface area contributed by atoms with Crippen LogP contribution in [0.1, 0.15) is 33.6 Å². The first kappa shape index (κ1) is 19.0. The van der Waals surface area contributed by atoms with Gasteiger partial charge in [-0.05, 0) is 55.2 Å². The van der Waals surface area contributed by atoms with E-state index in [2.05, 4.69) is 38.1 Å². The molecule has 0 atom stereocenters. The van der Waals surface area contributed by atoms with E-state index in [0.29, 0.717) is 13.0 Å². The molecular formula is C26H25NO2. The zero-order valence-electron chi connectivity index (χ0n) is 17.1. The highest BCUT2D eigenvalue weighted by Crippen LogP contribution is 2.23. The van der Waals surface area contributed by atoms with E-state index in [1.165, 1.54) is 22.3 Å². The van der Waals surface area contributed by atoms with Gasteiger partial charge in [-0.1, -0.05) is 71.4 Å². The second-order valence-electron chi connectivity index (χ2n) is 7.50. The van der Waals surface area contributed by atoms with E-state index >= 15 is 0 Å². The summed E-state index contributed by atoms with van der Waals surface area (Å²) in [6, 6.07) is 24.5. The number of benzene rings is 3. The molecule has 0 unspecified atom stereocenters. The van der Waals surface area contributed by atoms with Gasteiger partial charge in [-0.2, -0.15) is 0 Å². The summed E-state index contributed by atoms with van der Waals surface area (Å²) >= 11 is 0. The molecule has 29 heavy (non-hydrogen) atoms. The maximum Gasteiger partial charge on any atom is 0.153 e. The van der Waals surface area contributed by atoms with Crippen LogP contribution in [0, 0.1) is 20.8 Å². The minimum absolute atomic E-state index is 0.427. The highest BCUT2D eigenvalue weighted by molar-refractivity contribution is 6.02. The van der Waals surface area contributed by atoms with Crippen LogP contribution in [0.2, 0.25) is 0 Å². The van der Waals surface area contributed by atoms with Crippen molar-refractivity contribution in [3.63, 3.8) is 0 Å². The van der Waals surface area contributed by atoms with E-state index in [0.717, 1.165) is 28.0 Å². The molecular weight excluding hydrogens is 358 g/mol. The molecule has 3 heteroatoms. The number of hydrogen-bond donors (Lipinski definition) is 0. The zero-order valence-corrected chi connectivity index (χ0v) is 17.1. The predicted octanol–water partition coefficient (Wildman–Crippen LogP) is 6.52. The Bertz CT molecular complexity index is 1100. The van der Waals surface area contributed by atoms with Crippen molar-refractivity contribution >= 4 is 16.7 Å². The van der Waals surface area contributed by atoms with Gasteiger partial charge in [-0.15, -0.1) is 0 Å². The van der Waals surface area contributed by atoms with Gasteiger partial charge in [-0.3, -0.25) is 0 Å². The Morgan fingerprint density at radius 2 is 1.55 bits per heavy atom. The molecule has 0 saturated carbocycles. The molecule has 3 aromatic carbocycles. The van der Waals surface area contributed by atoms with E-state index < -0.39 is 0 Å². The fraction of sp³-hybridized carbons (Fsp3) is 0.192. The van der Waals surface area contributed by atoms with E-state index in [1.807, 2.05) is 60.7 Å². The third-order valence-electron chi connectivity index (χ3n) is 5.14. The summed E-state index contributed by atoms with van der Waals surface area (Å²) in [4.78, 5) is 5.74. The lowest BCUT2D eigenvalue weighted by molar-refractivity contribution is 0.130. The van der Waals surface area contributed by atoms with Crippen molar-refractivity contribution in [3.8, 4) is 0 Å². The number of nitrogens with zero attached hydrogens (tertiary/aromatic N) is 1. The lowest BCUT2D eigenvalue weighted by atomic mass is 9.95. The smallest absolute Gasteiger partial charge is 0.153 e. The Labute approximate surface area is 171 Å². The van der Waals surface area contributed by atoms with Crippen LogP contribution < -0.4 is 0 Å². The molecule has 146 valence electrons. The lowest BCUT2D eigenvalue weighted by Gasteiger charge is -2.12. The first-order valence-corrected chi connectivity index (χ1v) is 9.88. The van der Waals surface area contributed by atoms with Gasteiger partial charge in [0.05, 0.1) is 0 Å². The summed E-state index contributed by atoms with van der Waals surface area (Å²) in [7, 11) is 0. The predicted molar refractivity (Wildman–Crippen MR) is 118 cm³/mol. The van der Waals surface area contributed by atoms with Gasteiger partial charge >= 0.3 is 0 Å². The Kier molecular flexibility index (Phi) is 5.48. The molecule has 3 nitrogen and oxygen atoms in total. The number of oxime groups is 1. The van der Waals surface area contributed by atoms with Crippen molar-refractivity contribution in [2.75, 3.05) is 0 Å². The average Bonchev–Trinajstić information content (AvgIpc) is 3.14. The van der Waals surface area contributed by atoms with Crippen LogP contribution in [-0.4, -0.2) is 5.71 Å². The molecule has 0 aliphatic rings. The van der Waals surface area contributed by atoms with Crippen LogP contribution in [0.5, 0.6) is 0 Å². The molecule has 0 aliphatic heterocycles. The lowest BCUT2D eigenvalue weighted by Crippen LogP contribution is -2.08. The Morgan fingerprint density at radius 3 is 2.28 bits per heavy atom. The van der Waals surface area contributed by atoms with Gasteiger partial charge in [0.15, 0.2) is 5.76 Å². The molecule has 0 aliphatic carbocycles. The summed E-state index contributed by atoms with van der Waals surface area (Å²) in [5.74, 6) is 0.749. The first-order chi connectivity index (χ1) is 14.1. The Morgan fingerprint density at radius 1 is 0.862 bits per heavy atom. The molecule has 0 saturated heterocycles. The Balaban J connectivity index is 1.67. The van der Waals surface area contributed by atoms with Crippen LogP contribution >= 0.6 is 0 Å². The van der Waals surface area contributed by atoms with Gasteiger partial charge in [0.25, 0.3) is 0 Å². The third-order valence-corrected chi connectivity index (χ3v) is 5.14. The first-order valence-electron chi connectivity index (χ1n) is 9.88. The summed E-state index contributed by atoms with van der Waals surface area (Å²) in [6.45, 7) is 6.85. The molecule has 4 rings (SSSR count). The molecule has 1 aromatic heterocycles. The normalized spacial score (nSPS) is 11.8. The summed E-state index contributed by atoms with van der Waals surface area (Å²) < 4.78 is 6.10. The largest absolute Gasteiger partial charge is 0.455 e. The number of para-hydroxylation sites is 1. The van der Waals surface area contributed by atoms with Crippen molar-refractivity contribution in [3.05, 3.63) is 106 Å². The molecule has 0 spiro atoms. The molecule has 0 fully saturated rings. The number of aryl methyl sites for hydroxylation is 3. The van der Waals surface area contributed by atoms with Gasteiger partial charge in [0.1, 0.15) is 17.9 Å². The SMILES string of the molecule is Cc1cc(C)c(C/C(=N\OCc2ccccc2)c2cc3ccccc3o2)c(C)c1. The van der Waals surface area contributed by atoms with E-state index in [1.54, 1.807) is 0 Å². The molecule has 0 amide bonds. The Hall–Kier alpha value is -3.33.